The summed E-state index contributed by atoms with van der Waals surface area (Å²) in [6, 6.07) is 34.3. The van der Waals surface area contributed by atoms with E-state index in [0.717, 1.165) is 0 Å². The number of hydrogen-bond acceptors (Lipinski definition) is 10. The third-order valence-corrected chi connectivity index (χ3v) is 34.3. The first kappa shape index (κ1) is 84.4. The Bertz CT molecular complexity index is 1940. The van der Waals surface area contributed by atoms with E-state index in [-0.39, 0.29) is 182 Å². The molecule has 0 heterocycles. The van der Waals surface area contributed by atoms with Gasteiger partial charge in [-0.05, 0) is 0 Å². The maximum absolute atomic E-state index is 11.1. The molecule has 2 aromatic carbocycles. The zero-order valence-corrected chi connectivity index (χ0v) is 66.0. The first-order chi connectivity index (χ1) is 33.3. The van der Waals surface area contributed by atoms with Gasteiger partial charge in [0.15, 0.2) is 0 Å². The number of hydrogen-bond donors (Lipinski definition) is 0. The number of benzene rings is 2. The summed E-state index contributed by atoms with van der Waals surface area (Å²) in [5.74, 6) is 2.48. The van der Waals surface area contributed by atoms with Crippen LogP contribution in [-0.2, 0) is 19.1 Å². The van der Waals surface area contributed by atoms with Crippen LogP contribution in [0.4, 0.5) is 0 Å². The summed E-state index contributed by atoms with van der Waals surface area (Å²) >= 11 is -0.308. The Morgan fingerprint density at radius 2 is 0.904 bits per heavy atom. The van der Waals surface area contributed by atoms with Crippen molar-refractivity contribution in [1.82, 2.24) is 0 Å². The summed E-state index contributed by atoms with van der Waals surface area (Å²) in [5, 5.41) is 51.5. The number of ether oxygens (including phenoxy) is 2. The minimum atomic E-state index is -0.363. The van der Waals surface area contributed by atoms with Crippen molar-refractivity contribution in [2.75, 3.05) is 13.7 Å². The number of nitrogens with zero attached hydrogens (tertiary/aromatic N) is 6. The van der Waals surface area contributed by atoms with Gasteiger partial charge in [-0.3, -0.25) is 0 Å². The summed E-state index contributed by atoms with van der Waals surface area (Å²) in [6.45, 7) is 36.3. The Balaban J connectivity index is -0.000000177. The molecule has 0 aromatic heterocycles. The molecule has 0 spiro atoms. The van der Waals surface area contributed by atoms with Crippen LogP contribution in [0, 0.1) is 73.9 Å². The van der Waals surface area contributed by atoms with Crippen LogP contribution in [0.5, 0.6) is 0 Å². The molecule has 73 heavy (non-hydrogen) atoms. The molecule has 0 fully saturated rings. The summed E-state index contributed by atoms with van der Waals surface area (Å²) in [6.07, 6.45) is 0. The Labute approximate surface area is 520 Å². The van der Waals surface area contributed by atoms with Crippen LogP contribution in [0.2, 0.25) is 60.1 Å². The van der Waals surface area contributed by atoms with Gasteiger partial charge in [-0.15, -0.1) is 0 Å². The fourth-order valence-electron chi connectivity index (χ4n) is 2.88. The van der Waals surface area contributed by atoms with Crippen molar-refractivity contribution >= 4 is 175 Å². The quantitative estimate of drug-likeness (QED) is 0.130. The third kappa shape index (κ3) is 48.9. The average Bonchev–Trinajstić information content (AvgIpc) is 3.37. The van der Waals surface area contributed by atoms with Crippen LogP contribution < -0.4 is 8.07 Å². The minimum absolute atomic E-state index is 0.0189. The Hall–Kier alpha value is 0.0966. The van der Waals surface area contributed by atoms with Crippen LogP contribution in [-0.4, -0.2) is 181 Å². The molecule has 0 amide bonds. The molecule has 1 unspecified atom stereocenters. The van der Waals surface area contributed by atoms with Crippen molar-refractivity contribution in [2.45, 2.75) is 185 Å². The second-order valence-corrected chi connectivity index (χ2v) is 50.1. The summed E-state index contributed by atoms with van der Waals surface area (Å²) in [5.41, 5.74) is 0. The SMILES string of the molecule is CC(C)(C#N)[Se]c1ccccc1.CC(C)(C#N)[Te]c1ccccc1.CCOC(=O)C(C)(C)[Te]C.COC(=O)C(C)(C)[Te]C.C[Se]C(C)(C)C#N.C[Te]C(C)(C#N)C(C)C.C[Te]C(C)(C)C#N.C[Te]C(C)(C)C#N. The number of carbonyl (C=O) groups excluding carboxylic acids is 2. The summed E-state index contributed by atoms with van der Waals surface area (Å²) in [7, 11) is 1.44. The van der Waals surface area contributed by atoms with Crippen LogP contribution in [0.1, 0.15) is 125 Å². The van der Waals surface area contributed by atoms with Gasteiger partial charge in [0.05, 0.1) is 0 Å². The predicted molar refractivity (Wildman–Crippen MR) is 317 cm³/mol. The molecular formula is C55H88N6O4Se2Te6. The van der Waals surface area contributed by atoms with Crippen LogP contribution in [0.3, 0.4) is 0 Å². The van der Waals surface area contributed by atoms with Gasteiger partial charge in [0, 0.05) is 0 Å². The van der Waals surface area contributed by atoms with Gasteiger partial charge < -0.3 is 0 Å². The van der Waals surface area contributed by atoms with Crippen molar-refractivity contribution in [3.63, 3.8) is 0 Å². The predicted octanol–water partition coefficient (Wildman–Crippen LogP) is 12.6. The number of carbonyl (C=O) groups is 2. The van der Waals surface area contributed by atoms with E-state index >= 15 is 0 Å². The molecule has 0 aliphatic heterocycles. The van der Waals surface area contributed by atoms with E-state index in [1.54, 1.807) is 0 Å². The molecule has 0 saturated heterocycles. The Kier molecular flexibility index (Phi) is 51.9. The molecule has 0 saturated carbocycles. The number of esters is 2. The molecule has 410 valence electrons. The Morgan fingerprint density at radius 3 is 1.11 bits per heavy atom. The number of nitriles is 6. The normalized spacial score (nSPS) is 11.6. The maximum atomic E-state index is 11.1. The molecule has 18 heteroatoms. The molecule has 0 aliphatic rings. The molecule has 0 radical (unpaired) electrons. The molecule has 1 atom stereocenters. The topological polar surface area (TPSA) is 195 Å². The molecule has 0 bridgehead atoms. The van der Waals surface area contributed by atoms with E-state index in [9.17, 15) is 9.59 Å². The van der Waals surface area contributed by atoms with E-state index in [4.69, 9.17) is 36.3 Å². The van der Waals surface area contributed by atoms with E-state index in [0.29, 0.717) is 27.5 Å². The molecule has 2 aromatic rings. The van der Waals surface area contributed by atoms with Gasteiger partial charge >= 0.3 is 528 Å². The standard InChI is InChI=1S/C10H11NSe.C10H11NTe.C7H13NTe.C7H14O2Te.C6H12O2Te.C5H9NSe.2C5H9NTe/c2*1-10(2,8-11)12-9-6-4-3-5-7-9;1-6(2)7(3,5-8)9-4;1-5-9-6(8)7(2,3)10-4;1-6(2,9-4)5(7)8-3;3*1-5(2,4-6)7-3/h2*3-7H,1-2H3;6H,1-4H3;5H2,1-4H3;1-4H3;3*1-3H3. The van der Waals surface area contributed by atoms with Gasteiger partial charge in [-0.2, -0.15) is 0 Å². The van der Waals surface area contributed by atoms with E-state index < -0.39 is 0 Å². The zero-order valence-electron chi connectivity index (χ0n) is 48.6. The van der Waals surface area contributed by atoms with E-state index in [1.807, 2.05) is 140 Å². The van der Waals surface area contributed by atoms with E-state index in [1.165, 1.54) is 15.2 Å². The van der Waals surface area contributed by atoms with Crippen LogP contribution in [0.15, 0.2) is 60.7 Å². The number of methoxy groups -OCH3 is 1. The van der Waals surface area contributed by atoms with Gasteiger partial charge in [0.2, 0.25) is 0 Å². The summed E-state index contributed by atoms with van der Waals surface area (Å²) < 4.78 is 11.5. The second kappa shape index (κ2) is 44.9. The monoisotopic (exact) mass is 1840 g/mol. The van der Waals surface area contributed by atoms with Gasteiger partial charge in [-0.25, -0.2) is 0 Å². The van der Waals surface area contributed by atoms with Gasteiger partial charge in [-0.1, -0.05) is 0 Å². The zero-order chi connectivity index (χ0) is 59.0. The van der Waals surface area contributed by atoms with Crippen molar-refractivity contribution in [3.8, 4) is 36.4 Å². The Morgan fingerprint density at radius 1 is 0.534 bits per heavy atom. The van der Waals surface area contributed by atoms with Crippen LogP contribution >= 0.6 is 0 Å². The van der Waals surface area contributed by atoms with Crippen molar-refractivity contribution < 1.29 is 19.1 Å². The second-order valence-electron chi connectivity index (χ2n) is 18.8. The van der Waals surface area contributed by atoms with Crippen molar-refractivity contribution in [1.29, 1.82) is 31.6 Å². The fourth-order valence-corrected chi connectivity index (χ4v) is 11.1. The third-order valence-electron chi connectivity index (χ3n) is 9.32. The molecule has 10 nitrogen and oxygen atoms in total. The van der Waals surface area contributed by atoms with Gasteiger partial charge in [0.1, 0.15) is 0 Å². The number of rotatable bonds is 14. The summed E-state index contributed by atoms with van der Waals surface area (Å²) in [4.78, 5) is 32.7. The molecular weight excluding hydrogens is 1730 g/mol. The fraction of sp³-hybridized carbons (Fsp3) is 0.636. The van der Waals surface area contributed by atoms with Gasteiger partial charge in [0.25, 0.3) is 0 Å². The average molecular weight is 1820 g/mol. The van der Waals surface area contributed by atoms with Crippen molar-refractivity contribution in [3.05, 3.63) is 60.7 Å². The molecule has 0 aliphatic carbocycles. The molecule has 2 rings (SSSR count). The van der Waals surface area contributed by atoms with Crippen LogP contribution in [0.25, 0.3) is 0 Å². The van der Waals surface area contributed by atoms with E-state index in [2.05, 4.69) is 117 Å². The first-order valence-electron chi connectivity index (χ1n) is 22.8. The molecule has 0 N–H and O–H groups in total. The first-order valence-corrected chi connectivity index (χ1v) is 46.9. The van der Waals surface area contributed by atoms with Crippen molar-refractivity contribution in [2.24, 2.45) is 5.92 Å².